The van der Waals surface area contributed by atoms with E-state index in [1.807, 2.05) is 13.8 Å². The summed E-state index contributed by atoms with van der Waals surface area (Å²) in [5.74, 6) is -0.00970. The van der Waals surface area contributed by atoms with Crippen LogP contribution < -0.4 is 5.32 Å². The molecule has 0 saturated carbocycles. The molecular formula is C12H25NO2. The van der Waals surface area contributed by atoms with E-state index in [9.17, 15) is 9.90 Å². The summed E-state index contributed by atoms with van der Waals surface area (Å²) in [6, 6.07) is 0. The molecule has 0 aliphatic heterocycles. The van der Waals surface area contributed by atoms with Gasteiger partial charge in [-0.2, -0.15) is 0 Å². The predicted octanol–water partition coefficient (Wildman–Crippen LogP) is 2.51. The lowest BCUT2D eigenvalue weighted by Gasteiger charge is -2.27. The quantitative estimate of drug-likeness (QED) is 0.612. The monoisotopic (exact) mass is 215 g/mol. The summed E-state index contributed by atoms with van der Waals surface area (Å²) >= 11 is 0. The van der Waals surface area contributed by atoms with Crippen molar-refractivity contribution in [3.63, 3.8) is 0 Å². The molecule has 2 N–H and O–H groups in total. The summed E-state index contributed by atoms with van der Waals surface area (Å²) in [6.45, 7) is 9.73. The van der Waals surface area contributed by atoms with E-state index >= 15 is 0 Å². The number of carboxylic acids is 1. The predicted molar refractivity (Wildman–Crippen MR) is 63.0 cm³/mol. The third-order valence-electron chi connectivity index (χ3n) is 3.17. The normalized spacial score (nSPS) is 12.1. The fraction of sp³-hybridized carbons (Fsp3) is 0.917. The number of hydrogen-bond acceptors (Lipinski definition) is 2. The maximum Gasteiger partial charge on any atom is 0.310 e. The molecule has 3 heteroatoms. The van der Waals surface area contributed by atoms with Crippen molar-refractivity contribution in [2.24, 2.45) is 11.3 Å². The zero-order valence-electron chi connectivity index (χ0n) is 10.5. The van der Waals surface area contributed by atoms with Gasteiger partial charge in [-0.3, -0.25) is 4.79 Å². The summed E-state index contributed by atoms with van der Waals surface area (Å²) in [5, 5.41) is 12.5. The summed E-state index contributed by atoms with van der Waals surface area (Å²) in [6.07, 6.45) is 2.48. The molecular weight excluding hydrogens is 190 g/mol. The highest BCUT2D eigenvalue weighted by molar-refractivity contribution is 5.74. The van der Waals surface area contributed by atoms with Gasteiger partial charge in [0.25, 0.3) is 0 Å². The van der Waals surface area contributed by atoms with Crippen LogP contribution in [0.1, 0.15) is 47.0 Å². The van der Waals surface area contributed by atoms with Crippen molar-refractivity contribution in [3.8, 4) is 0 Å². The van der Waals surface area contributed by atoms with Crippen molar-refractivity contribution in [2.45, 2.75) is 47.0 Å². The number of carbonyl (C=O) groups is 1. The molecule has 0 unspecified atom stereocenters. The van der Waals surface area contributed by atoms with Gasteiger partial charge in [-0.25, -0.2) is 0 Å². The maximum absolute atomic E-state index is 11.2. The van der Waals surface area contributed by atoms with Crippen LogP contribution in [-0.4, -0.2) is 24.2 Å². The average Bonchev–Trinajstić information content (AvgIpc) is 2.18. The molecule has 0 aromatic carbocycles. The lowest BCUT2D eigenvalue weighted by atomic mass is 9.82. The third-order valence-corrected chi connectivity index (χ3v) is 3.17. The van der Waals surface area contributed by atoms with Crippen LogP contribution >= 0.6 is 0 Å². The van der Waals surface area contributed by atoms with Gasteiger partial charge in [0.2, 0.25) is 0 Å². The van der Waals surface area contributed by atoms with E-state index in [0.29, 0.717) is 25.3 Å². The minimum absolute atomic E-state index is 0.572. The van der Waals surface area contributed by atoms with Crippen LogP contribution in [0.25, 0.3) is 0 Å². The van der Waals surface area contributed by atoms with Gasteiger partial charge in [-0.1, -0.05) is 27.7 Å². The van der Waals surface area contributed by atoms with Gasteiger partial charge in [0.05, 0.1) is 5.41 Å². The van der Waals surface area contributed by atoms with Crippen molar-refractivity contribution in [1.82, 2.24) is 5.32 Å². The largest absolute Gasteiger partial charge is 0.481 e. The molecule has 0 aromatic heterocycles. The molecule has 0 aliphatic carbocycles. The highest BCUT2D eigenvalue weighted by Crippen LogP contribution is 2.25. The number of carboxylic acid groups (broad SMARTS) is 1. The van der Waals surface area contributed by atoms with Gasteiger partial charge in [0, 0.05) is 6.54 Å². The topological polar surface area (TPSA) is 49.3 Å². The lowest BCUT2D eigenvalue weighted by Crippen LogP contribution is -2.40. The molecule has 0 bridgehead atoms. The summed E-state index contributed by atoms with van der Waals surface area (Å²) in [4.78, 5) is 11.2. The molecule has 0 spiro atoms. The summed E-state index contributed by atoms with van der Waals surface area (Å²) in [5.41, 5.74) is -0.572. The molecule has 90 valence electrons. The lowest BCUT2D eigenvalue weighted by molar-refractivity contribution is -0.149. The van der Waals surface area contributed by atoms with Crippen LogP contribution in [0.5, 0.6) is 0 Å². The van der Waals surface area contributed by atoms with Crippen LogP contribution in [0.3, 0.4) is 0 Å². The number of aliphatic carboxylic acids is 1. The van der Waals surface area contributed by atoms with E-state index in [1.165, 1.54) is 0 Å². The Morgan fingerprint density at radius 3 is 2.20 bits per heavy atom. The van der Waals surface area contributed by atoms with Crippen LogP contribution in [0.15, 0.2) is 0 Å². The highest BCUT2D eigenvalue weighted by Gasteiger charge is 2.34. The second kappa shape index (κ2) is 6.83. The Morgan fingerprint density at radius 2 is 1.87 bits per heavy atom. The van der Waals surface area contributed by atoms with Crippen molar-refractivity contribution in [2.75, 3.05) is 13.1 Å². The van der Waals surface area contributed by atoms with Gasteiger partial charge < -0.3 is 10.4 Å². The standard InChI is InChI=1S/C12H25NO2/c1-5-12(6-2,11(14)15)9-13-8-7-10(3)4/h10,13H,5-9H2,1-4H3,(H,14,15). The molecule has 0 amide bonds. The van der Waals surface area contributed by atoms with Crippen LogP contribution in [-0.2, 0) is 4.79 Å². The molecule has 0 atom stereocenters. The van der Waals surface area contributed by atoms with Crippen LogP contribution in [0, 0.1) is 11.3 Å². The van der Waals surface area contributed by atoms with Crippen molar-refractivity contribution in [1.29, 1.82) is 0 Å². The van der Waals surface area contributed by atoms with Gasteiger partial charge in [-0.15, -0.1) is 0 Å². The molecule has 0 saturated heterocycles. The van der Waals surface area contributed by atoms with Gasteiger partial charge in [0.15, 0.2) is 0 Å². The SMILES string of the molecule is CCC(CC)(CNCCC(C)C)C(=O)O. The zero-order valence-corrected chi connectivity index (χ0v) is 10.5. The Balaban J connectivity index is 4.02. The molecule has 0 rings (SSSR count). The molecule has 0 aromatic rings. The Kier molecular flexibility index (Phi) is 6.57. The second-order valence-electron chi connectivity index (χ2n) is 4.65. The third kappa shape index (κ3) is 4.65. The van der Waals surface area contributed by atoms with Crippen molar-refractivity contribution in [3.05, 3.63) is 0 Å². The molecule has 0 fully saturated rings. The average molecular weight is 215 g/mol. The maximum atomic E-state index is 11.2. The molecule has 0 heterocycles. The van der Waals surface area contributed by atoms with E-state index in [-0.39, 0.29) is 0 Å². The van der Waals surface area contributed by atoms with Crippen molar-refractivity contribution >= 4 is 5.97 Å². The van der Waals surface area contributed by atoms with E-state index in [2.05, 4.69) is 19.2 Å². The Morgan fingerprint density at radius 1 is 1.33 bits per heavy atom. The zero-order chi connectivity index (χ0) is 11.9. The number of hydrogen-bond donors (Lipinski definition) is 2. The van der Waals surface area contributed by atoms with E-state index in [0.717, 1.165) is 13.0 Å². The summed E-state index contributed by atoms with van der Waals surface area (Å²) in [7, 11) is 0. The van der Waals surface area contributed by atoms with Gasteiger partial charge in [0.1, 0.15) is 0 Å². The summed E-state index contributed by atoms with van der Waals surface area (Å²) < 4.78 is 0. The van der Waals surface area contributed by atoms with E-state index in [4.69, 9.17) is 0 Å². The minimum atomic E-state index is -0.676. The van der Waals surface area contributed by atoms with Gasteiger partial charge in [-0.05, 0) is 31.7 Å². The Bertz CT molecular complexity index is 186. The molecule has 3 nitrogen and oxygen atoms in total. The Labute approximate surface area is 93.3 Å². The van der Waals surface area contributed by atoms with Crippen molar-refractivity contribution < 1.29 is 9.90 Å². The van der Waals surface area contributed by atoms with Crippen LogP contribution in [0.4, 0.5) is 0 Å². The first-order valence-corrected chi connectivity index (χ1v) is 5.92. The minimum Gasteiger partial charge on any atom is -0.481 e. The highest BCUT2D eigenvalue weighted by atomic mass is 16.4. The van der Waals surface area contributed by atoms with E-state index < -0.39 is 11.4 Å². The first-order valence-electron chi connectivity index (χ1n) is 5.92. The second-order valence-corrected chi connectivity index (χ2v) is 4.65. The number of nitrogens with one attached hydrogen (secondary N) is 1. The van der Waals surface area contributed by atoms with E-state index in [1.54, 1.807) is 0 Å². The molecule has 15 heavy (non-hydrogen) atoms. The first-order chi connectivity index (χ1) is 6.98. The fourth-order valence-corrected chi connectivity index (χ4v) is 1.60. The first kappa shape index (κ1) is 14.4. The Hall–Kier alpha value is -0.570. The fourth-order valence-electron chi connectivity index (χ4n) is 1.60. The van der Waals surface area contributed by atoms with Crippen LogP contribution in [0.2, 0.25) is 0 Å². The molecule has 0 radical (unpaired) electrons. The van der Waals surface area contributed by atoms with Gasteiger partial charge >= 0.3 is 5.97 Å². The smallest absolute Gasteiger partial charge is 0.310 e. The molecule has 0 aliphatic rings. The number of rotatable bonds is 8.